The zero-order valence-corrected chi connectivity index (χ0v) is 36.2. The van der Waals surface area contributed by atoms with Crippen LogP contribution in [0.3, 0.4) is 0 Å². The minimum absolute atomic E-state index is 0.751. The van der Waals surface area contributed by atoms with E-state index < -0.39 is 0 Å². The maximum absolute atomic E-state index is 5.52. The standard InChI is InChI=1S/C19H30O.C17H26O.C16H24O/c1-3-5-6-7-16-8-10-17(11-9-16)18-12-14-19(15-13-18)20-4-2;1-3-5-14-6-8-15(9-7-14)16-10-12-17(13-11-16)18-4-2;1-3-4-13-5-7-14(8-6-13)15-9-11-16(17-2)12-10-15/h12-17H,3-11H2,1-2H3;10-15H,3-9H2,1-2H3;9-14H,3-8H2,1-2H3. The van der Waals surface area contributed by atoms with Gasteiger partial charge in [-0.25, -0.2) is 0 Å². The van der Waals surface area contributed by atoms with Crippen LogP contribution in [0.25, 0.3) is 0 Å². The van der Waals surface area contributed by atoms with Gasteiger partial charge in [-0.15, -0.1) is 0 Å². The lowest BCUT2D eigenvalue weighted by Gasteiger charge is -2.29. The normalized spacial score (nSPS) is 23.7. The first kappa shape index (κ1) is 44.8. The molecule has 3 aliphatic rings. The third-order valence-corrected chi connectivity index (χ3v) is 13.1. The highest BCUT2D eigenvalue weighted by Gasteiger charge is 2.24. The highest BCUT2D eigenvalue weighted by Crippen LogP contribution is 2.40. The number of methoxy groups -OCH3 is 1. The predicted octanol–water partition coefficient (Wildman–Crippen LogP) is 15.9. The van der Waals surface area contributed by atoms with Crippen LogP contribution in [-0.2, 0) is 0 Å². The molecule has 0 radical (unpaired) electrons. The Hall–Kier alpha value is -2.94. The summed E-state index contributed by atoms with van der Waals surface area (Å²) in [5, 5.41) is 0. The summed E-state index contributed by atoms with van der Waals surface area (Å²) in [5.74, 6) is 8.32. The van der Waals surface area contributed by atoms with Gasteiger partial charge in [-0.1, -0.05) is 109 Å². The van der Waals surface area contributed by atoms with E-state index in [2.05, 4.69) is 93.6 Å². The molecule has 0 saturated heterocycles. The molecular formula is C52H80O3. The van der Waals surface area contributed by atoms with E-state index in [1.807, 2.05) is 13.8 Å². The van der Waals surface area contributed by atoms with Gasteiger partial charge in [0.15, 0.2) is 0 Å². The Morgan fingerprint density at radius 2 is 0.709 bits per heavy atom. The Morgan fingerprint density at radius 3 is 1.00 bits per heavy atom. The quantitative estimate of drug-likeness (QED) is 0.136. The van der Waals surface area contributed by atoms with Crippen molar-refractivity contribution in [2.45, 2.75) is 181 Å². The van der Waals surface area contributed by atoms with Gasteiger partial charge < -0.3 is 14.2 Å². The zero-order valence-electron chi connectivity index (χ0n) is 36.2. The van der Waals surface area contributed by atoms with E-state index in [9.17, 15) is 0 Å². The van der Waals surface area contributed by atoms with Crippen molar-refractivity contribution < 1.29 is 14.2 Å². The van der Waals surface area contributed by atoms with Crippen molar-refractivity contribution in [1.29, 1.82) is 0 Å². The highest BCUT2D eigenvalue weighted by molar-refractivity contribution is 5.31. The lowest BCUT2D eigenvalue weighted by molar-refractivity contribution is 0.302. The number of ether oxygens (including phenoxy) is 3. The molecule has 3 fully saturated rings. The molecule has 0 N–H and O–H groups in total. The SMILES string of the molecule is CCCC1CCC(c2ccc(OC)cc2)CC1.CCCC1CCC(c2ccc(OCC)cc2)CC1.CCCCCC1CCC(c2ccc(OCC)cc2)CC1. The van der Waals surface area contributed by atoms with Crippen LogP contribution >= 0.6 is 0 Å². The second kappa shape index (κ2) is 26.1. The Morgan fingerprint density at radius 1 is 0.382 bits per heavy atom. The van der Waals surface area contributed by atoms with Crippen LogP contribution in [0, 0.1) is 17.8 Å². The van der Waals surface area contributed by atoms with Gasteiger partial charge in [0.05, 0.1) is 20.3 Å². The van der Waals surface area contributed by atoms with Crippen molar-refractivity contribution in [1.82, 2.24) is 0 Å². The van der Waals surface area contributed by atoms with Gasteiger partial charge in [0.2, 0.25) is 0 Å². The molecule has 0 unspecified atom stereocenters. The van der Waals surface area contributed by atoms with Crippen LogP contribution in [0.2, 0.25) is 0 Å². The van der Waals surface area contributed by atoms with Crippen LogP contribution < -0.4 is 14.2 Å². The van der Waals surface area contributed by atoms with Crippen molar-refractivity contribution in [3.63, 3.8) is 0 Å². The molecule has 0 amide bonds. The fourth-order valence-corrected chi connectivity index (χ4v) is 9.73. The summed E-state index contributed by atoms with van der Waals surface area (Å²) in [7, 11) is 1.73. The first-order chi connectivity index (χ1) is 27.0. The zero-order chi connectivity index (χ0) is 39.1. The van der Waals surface area contributed by atoms with Crippen LogP contribution in [0.4, 0.5) is 0 Å². The molecule has 3 aromatic rings. The van der Waals surface area contributed by atoms with E-state index in [1.54, 1.807) is 7.11 Å². The fourth-order valence-electron chi connectivity index (χ4n) is 9.73. The van der Waals surface area contributed by atoms with Crippen LogP contribution in [0.15, 0.2) is 72.8 Å². The summed E-state index contributed by atoms with van der Waals surface area (Å²) in [5.41, 5.74) is 4.52. The number of hydrogen-bond acceptors (Lipinski definition) is 3. The van der Waals surface area contributed by atoms with Crippen molar-refractivity contribution in [2.75, 3.05) is 20.3 Å². The van der Waals surface area contributed by atoms with Crippen molar-refractivity contribution in [3.05, 3.63) is 89.5 Å². The van der Waals surface area contributed by atoms with Gasteiger partial charge in [-0.3, -0.25) is 0 Å². The third-order valence-electron chi connectivity index (χ3n) is 13.1. The van der Waals surface area contributed by atoms with Crippen LogP contribution in [0.5, 0.6) is 17.2 Å². The molecule has 0 aromatic heterocycles. The van der Waals surface area contributed by atoms with Crippen LogP contribution in [-0.4, -0.2) is 20.3 Å². The molecule has 0 heterocycles. The molecule has 0 aliphatic heterocycles. The van der Waals surface area contributed by atoms with Gasteiger partial charge >= 0.3 is 0 Å². The summed E-state index contributed by atoms with van der Waals surface area (Å²) in [4.78, 5) is 0. The summed E-state index contributed by atoms with van der Waals surface area (Å²) >= 11 is 0. The number of unbranched alkanes of at least 4 members (excludes halogenated alkanes) is 2. The maximum atomic E-state index is 5.52. The number of hydrogen-bond donors (Lipinski definition) is 0. The van der Waals surface area contributed by atoms with Crippen LogP contribution in [0.1, 0.15) is 197 Å². The molecule has 306 valence electrons. The summed E-state index contributed by atoms with van der Waals surface area (Å²) in [6, 6.07) is 26.2. The Bertz CT molecular complexity index is 1360. The van der Waals surface area contributed by atoms with Crippen molar-refractivity contribution in [3.8, 4) is 17.2 Å². The second-order valence-corrected chi connectivity index (χ2v) is 17.0. The summed E-state index contributed by atoms with van der Waals surface area (Å²) in [6.07, 6.45) is 28.0. The summed E-state index contributed by atoms with van der Waals surface area (Å²) in [6.45, 7) is 12.5. The molecule has 6 rings (SSSR count). The minimum atomic E-state index is 0.751. The lowest BCUT2D eigenvalue weighted by Crippen LogP contribution is -2.13. The molecular weight excluding hydrogens is 673 g/mol. The fraction of sp³-hybridized carbons (Fsp3) is 0.654. The largest absolute Gasteiger partial charge is 0.497 e. The molecule has 0 spiro atoms. The molecule has 3 aromatic carbocycles. The number of rotatable bonds is 16. The maximum Gasteiger partial charge on any atom is 0.119 e. The van der Waals surface area contributed by atoms with E-state index in [0.29, 0.717) is 0 Å². The van der Waals surface area contributed by atoms with Crippen molar-refractivity contribution in [2.24, 2.45) is 17.8 Å². The second-order valence-electron chi connectivity index (χ2n) is 17.0. The molecule has 3 nitrogen and oxygen atoms in total. The van der Waals surface area contributed by atoms with Gasteiger partial charge in [-0.2, -0.15) is 0 Å². The van der Waals surface area contributed by atoms with Gasteiger partial charge in [0.25, 0.3) is 0 Å². The Labute approximate surface area is 338 Å². The van der Waals surface area contributed by atoms with Crippen molar-refractivity contribution >= 4 is 0 Å². The molecule has 3 saturated carbocycles. The average molecular weight is 753 g/mol. The molecule has 3 heteroatoms. The Kier molecular flexibility index (Phi) is 21.2. The van der Waals surface area contributed by atoms with E-state index in [0.717, 1.165) is 66.0 Å². The highest BCUT2D eigenvalue weighted by atomic mass is 16.5. The van der Waals surface area contributed by atoms with E-state index in [-0.39, 0.29) is 0 Å². The summed E-state index contributed by atoms with van der Waals surface area (Å²) < 4.78 is 16.2. The predicted molar refractivity (Wildman–Crippen MR) is 236 cm³/mol. The average Bonchev–Trinajstić information content (AvgIpc) is 3.23. The van der Waals surface area contributed by atoms with Gasteiger partial charge in [0, 0.05) is 0 Å². The first-order valence-electron chi connectivity index (χ1n) is 23.1. The molecule has 3 aliphatic carbocycles. The first-order valence-corrected chi connectivity index (χ1v) is 23.1. The third kappa shape index (κ3) is 15.8. The van der Waals surface area contributed by atoms with Gasteiger partial charge in [-0.05, 0) is 179 Å². The lowest BCUT2D eigenvalue weighted by atomic mass is 9.77. The molecule has 55 heavy (non-hydrogen) atoms. The smallest absolute Gasteiger partial charge is 0.119 e. The van der Waals surface area contributed by atoms with E-state index in [4.69, 9.17) is 14.2 Å². The van der Waals surface area contributed by atoms with E-state index in [1.165, 1.54) is 145 Å². The molecule has 0 atom stereocenters. The molecule has 0 bridgehead atoms. The topological polar surface area (TPSA) is 27.7 Å². The Balaban J connectivity index is 0.000000184. The number of benzene rings is 3. The van der Waals surface area contributed by atoms with E-state index >= 15 is 0 Å². The monoisotopic (exact) mass is 753 g/mol. The minimum Gasteiger partial charge on any atom is -0.497 e. The van der Waals surface area contributed by atoms with Gasteiger partial charge in [0.1, 0.15) is 17.2 Å².